The van der Waals surface area contributed by atoms with Crippen molar-refractivity contribution < 1.29 is 18.4 Å². The molecule has 1 N–H and O–H groups in total. The summed E-state index contributed by atoms with van der Waals surface area (Å²) < 4.78 is 15.1. The monoisotopic (exact) mass is 180 g/mol. The van der Waals surface area contributed by atoms with Crippen LogP contribution in [0, 0.1) is 0 Å². The van der Waals surface area contributed by atoms with Crippen LogP contribution in [0.2, 0.25) is 0 Å². The summed E-state index contributed by atoms with van der Waals surface area (Å²) >= 11 is 0. The maximum Gasteiger partial charge on any atom is 0.533 e. The molecule has 0 unspecified atom stereocenters. The maximum atomic E-state index is 9.61. The predicted octanol–water partition coefficient (Wildman–Crippen LogP) is 0.175. The normalized spacial score (nSPS) is 13.6. The Hall–Kier alpha value is 0.0569. The molecule has 0 aliphatic heterocycles. The average Bonchev–Trinajstić information content (AvgIpc) is 1.90. The van der Waals surface area contributed by atoms with Crippen LogP contribution in [0.1, 0.15) is 13.8 Å². The van der Waals surface area contributed by atoms with Gasteiger partial charge in [-0.3, -0.25) is 0 Å². The second kappa shape index (κ2) is 3.64. The first kappa shape index (κ1) is 11.1. The Bertz CT molecular complexity index is 108. The Morgan fingerprint density at radius 3 is 1.27 bits per heavy atom. The molecule has 0 aromatic carbocycles. The molecule has 4 nitrogen and oxygen atoms in total. The SMILES string of the molecule is CO[Si](OC)(OC)C(C)(C)O. The molecule has 0 saturated carbocycles. The second-order valence-corrected chi connectivity index (χ2v) is 6.29. The highest BCUT2D eigenvalue weighted by Crippen LogP contribution is 2.21. The summed E-state index contributed by atoms with van der Waals surface area (Å²) in [7, 11) is 1.54. The van der Waals surface area contributed by atoms with E-state index < -0.39 is 14.0 Å². The van der Waals surface area contributed by atoms with Crippen LogP contribution in [0.25, 0.3) is 0 Å². The average molecular weight is 180 g/mol. The van der Waals surface area contributed by atoms with Crippen LogP contribution < -0.4 is 0 Å². The second-order valence-electron chi connectivity index (χ2n) is 2.73. The molecule has 0 amide bonds. The van der Waals surface area contributed by atoms with Crippen molar-refractivity contribution in [3.05, 3.63) is 0 Å². The zero-order chi connectivity index (χ0) is 9.12. The molecular formula is C6H16O4Si. The quantitative estimate of drug-likeness (QED) is 0.627. The van der Waals surface area contributed by atoms with Gasteiger partial charge in [0.2, 0.25) is 0 Å². The van der Waals surface area contributed by atoms with Crippen molar-refractivity contribution in [1.29, 1.82) is 0 Å². The molecule has 0 atom stereocenters. The predicted molar refractivity (Wildman–Crippen MR) is 43.1 cm³/mol. The van der Waals surface area contributed by atoms with Crippen LogP contribution in [-0.2, 0) is 13.3 Å². The Kier molecular flexibility index (Phi) is 3.66. The smallest absolute Gasteiger partial charge is 0.386 e. The van der Waals surface area contributed by atoms with Crippen LogP contribution in [0.15, 0.2) is 0 Å². The summed E-state index contributed by atoms with van der Waals surface area (Å²) in [4.78, 5) is 0. The van der Waals surface area contributed by atoms with Gasteiger partial charge in [-0.15, -0.1) is 0 Å². The Balaban J connectivity index is 4.54. The molecule has 68 valence electrons. The first-order valence-corrected chi connectivity index (χ1v) is 5.04. The van der Waals surface area contributed by atoms with E-state index in [0.717, 1.165) is 0 Å². The molecule has 0 bridgehead atoms. The van der Waals surface area contributed by atoms with Gasteiger partial charge in [-0.1, -0.05) is 0 Å². The molecule has 0 aromatic rings. The number of aliphatic hydroxyl groups is 1. The molecule has 0 spiro atoms. The minimum Gasteiger partial charge on any atom is -0.386 e. The fraction of sp³-hybridized carbons (Fsp3) is 1.00. The van der Waals surface area contributed by atoms with Crippen molar-refractivity contribution in [1.82, 2.24) is 0 Å². The fourth-order valence-corrected chi connectivity index (χ4v) is 3.00. The highest BCUT2D eigenvalue weighted by atomic mass is 28.4. The summed E-state index contributed by atoms with van der Waals surface area (Å²) in [5.41, 5.74) is 0. The summed E-state index contributed by atoms with van der Waals surface area (Å²) in [5, 5.41) is 8.55. The molecular weight excluding hydrogens is 164 g/mol. The Morgan fingerprint density at radius 2 is 1.27 bits per heavy atom. The van der Waals surface area contributed by atoms with Gasteiger partial charge in [-0.25, -0.2) is 0 Å². The molecule has 0 rings (SSSR count). The molecule has 0 aliphatic rings. The third kappa shape index (κ3) is 2.00. The zero-order valence-electron chi connectivity index (χ0n) is 7.67. The van der Waals surface area contributed by atoms with Gasteiger partial charge in [0.25, 0.3) is 0 Å². The van der Waals surface area contributed by atoms with E-state index in [0.29, 0.717) is 0 Å². The van der Waals surface area contributed by atoms with Crippen LogP contribution in [0.5, 0.6) is 0 Å². The van der Waals surface area contributed by atoms with Crippen molar-refractivity contribution in [2.24, 2.45) is 0 Å². The van der Waals surface area contributed by atoms with E-state index in [1.54, 1.807) is 13.8 Å². The summed E-state index contributed by atoms with van der Waals surface area (Å²) in [5.74, 6) is 0. The molecule has 0 heterocycles. The lowest BCUT2D eigenvalue weighted by atomic mass is 10.5. The topological polar surface area (TPSA) is 47.9 Å². The Morgan fingerprint density at radius 1 is 1.00 bits per heavy atom. The lowest BCUT2D eigenvalue weighted by molar-refractivity contribution is 0.0159. The van der Waals surface area contributed by atoms with Gasteiger partial charge < -0.3 is 18.4 Å². The fourth-order valence-electron chi connectivity index (χ4n) is 0.999. The minimum absolute atomic E-state index is 1.06. The highest BCUT2D eigenvalue weighted by molar-refractivity contribution is 6.63. The Labute approximate surface area is 68.4 Å². The zero-order valence-corrected chi connectivity index (χ0v) is 8.67. The highest BCUT2D eigenvalue weighted by Gasteiger charge is 2.53. The van der Waals surface area contributed by atoms with Gasteiger partial charge in [-0.2, -0.15) is 0 Å². The third-order valence-electron chi connectivity index (χ3n) is 1.56. The van der Waals surface area contributed by atoms with Gasteiger partial charge in [0.05, 0.1) is 0 Å². The molecule has 0 radical (unpaired) electrons. The van der Waals surface area contributed by atoms with E-state index in [1.807, 2.05) is 0 Å². The molecule has 11 heavy (non-hydrogen) atoms. The van der Waals surface area contributed by atoms with Crippen LogP contribution in [-0.4, -0.2) is 40.5 Å². The molecule has 0 aliphatic carbocycles. The van der Waals surface area contributed by atoms with E-state index in [-0.39, 0.29) is 0 Å². The van der Waals surface area contributed by atoms with Gasteiger partial charge in [0.15, 0.2) is 0 Å². The molecule has 5 heteroatoms. The van der Waals surface area contributed by atoms with Crippen LogP contribution >= 0.6 is 0 Å². The van der Waals surface area contributed by atoms with Crippen LogP contribution in [0.3, 0.4) is 0 Å². The lowest BCUT2D eigenvalue weighted by Gasteiger charge is -2.34. The number of rotatable bonds is 4. The number of hydrogen-bond acceptors (Lipinski definition) is 4. The molecule has 0 saturated heterocycles. The summed E-state index contributed by atoms with van der Waals surface area (Å²) in [6, 6.07) is 0. The number of hydrogen-bond donors (Lipinski definition) is 1. The first-order valence-electron chi connectivity index (χ1n) is 3.31. The summed E-state index contributed by atoms with van der Waals surface area (Å²) in [6.45, 7) is 3.21. The van der Waals surface area contributed by atoms with Gasteiger partial charge in [0, 0.05) is 21.3 Å². The van der Waals surface area contributed by atoms with E-state index in [2.05, 4.69) is 0 Å². The van der Waals surface area contributed by atoms with Gasteiger partial charge in [0.1, 0.15) is 5.22 Å². The van der Waals surface area contributed by atoms with Gasteiger partial charge in [-0.05, 0) is 13.8 Å². The molecule has 0 aromatic heterocycles. The summed E-state index contributed by atoms with van der Waals surface area (Å²) in [6.07, 6.45) is 0. The molecule has 0 fully saturated rings. The van der Waals surface area contributed by atoms with Crippen molar-refractivity contribution in [3.8, 4) is 0 Å². The van der Waals surface area contributed by atoms with Crippen molar-refractivity contribution in [2.75, 3.05) is 21.3 Å². The largest absolute Gasteiger partial charge is 0.533 e. The minimum atomic E-state index is -2.86. The van der Waals surface area contributed by atoms with E-state index >= 15 is 0 Å². The first-order chi connectivity index (χ1) is 4.93. The lowest BCUT2D eigenvalue weighted by Crippen LogP contribution is -2.60. The van der Waals surface area contributed by atoms with Crippen molar-refractivity contribution in [3.63, 3.8) is 0 Å². The van der Waals surface area contributed by atoms with Gasteiger partial charge >= 0.3 is 8.80 Å². The standard InChI is InChI=1S/C6H16O4Si/c1-6(2,7)11(8-3,9-4)10-5/h7H,1-5H3. The van der Waals surface area contributed by atoms with Crippen LogP contribution in [0.4, 0.5) is 0 Å². The van der Waals surface area contributed by atoms with E-state index in [4.69, 9.17) is 13.3 Å². The van der Waals surface area contributed by atoms with Crippen molar-refractivity contribution in [2.45, 2.75) is 19.1 Å². The van der Waals surface area contributed by atoms with Crippen molar-refractivity contribution >= 4 is 8.80 Å². The third-order valence-corrected chi connectivity index (χ3v) is 4.67. The maximum absolute atomic E-state index is 9.61. The van der Waals surface area contributed by atoms with E-state index in [1.165, 1.54) is 21.3 Å². The van der Waals surface area contributed by atoms with E-state index in [9.17, 15) is 5.11 Å².